The molecule has 1 aliphatic rings. The third kappa shape index (κ3) is 1.46. The van der Waals surface area contributed by atoms with Gasteiger partial charge < -0.3 is 5.32 Å². The lowest BCUT2D eigenvalue weighted by Gasteiger charge is -2.07. The second-order valence-corrected chi connectivity index (χ2v) is 3.80. The topological polar surface area (TPSA) is 35.8 Å². The third-order valence-corrected chi connectivity index (χ3v) is 2.78. The van der Waals surface area contributed by atoms with Crippen LogP contribution in [0.1, 0.15) is 25.3 Å². The van der Waals surface area contributed by atoms with Crippen LogP contribution >= 0.6 is 0 Å². The van der Waals surface area contributed by atoms with E-state index in [1.807, 2.05) is 0 Å². The van der Waals surface area contributed by atoms with Crippen molar-refractivity contribution in [1.29, 1.82) is 5.26 Å². The van der Waals surface area contributed by atoms with E-state index in [2.05, 4.69) is 42.6 Å². The van der Waals surface area contributed by atoms with Gasteiger partial charge in [-0.1, -0.05) is 12.1 Å². The Labute approximate surface area is 84.6 Å². The van der Waals surface area contributed by atoms with Crippen molar-refractivity contribution in [1.82, 2.24) is 0 Å². The SMILES string of the molecule is CCNc1ccc(C2(C#N)CC2)cc1. The second kappa shape index (κ2) is 3.34. The van der Waals surface area contributed by atoms with Crippen LogP contribution in [0, 0.1) is 11.3 Å². The van der Waals surface area contributed by atoms with Crippen LogP contribution in [-0.4, -0.2) is 6.54 Å². The fourth-order valence-electron chi connectivity index (χ4n) is 1.70. The van der Waals surface area contributed by atoms with Crippen molar-refractivity contribution in [3.05, 3.63) is 29.8 Å². The maximum Gasteiger partial charge on any atom is 0.0823 e. The highest BCUT2D eigenvalue weighted by Gasteiger charge is 2.44. The Morgan fingerprint density at radius 2 is 2.00 bits per heavy atom. The van der Waals surface area contributed by atoms with E-state index >= 15 is 0 Å². The molecule has 0 heterocycles. The number of benzene rings is 1. The number of nitrogens with zero attached hydrogens (tertiary/aromatic N) is 1. The Morgan fingerprint density at radius 1 is 1.36 bits per heavy atom. The summed E-state index contributed by atoms with van der Waals surface area (Å²) in [5, 5.41) is 12.3. The van der Waals surface area contributed by atoms with E-state index in [4.69, 9.17) is 5.26 Å². The van der Waals surface area contributed by atoms with Crippen molar-refractivity contribution in [2.75, 3.05) is 11.9 Å². The van der Waals surface area contributed by atoms with Gasteiger partial charge in [0.2, 0.25) is 0 Å². The third-order valence-electron chi connectivity index (χ3n) is 2.78. The zero-order valence-corrected chi connectivity index (χ0v) is 8.38. The van der Waals surface area contributed by atoms with Crippen LogP contribution in [0.3, 0.4) is 0 Å². The fraction of sp³-hybridized carbons (Fsp3) is 0.417. The summed E-state index contributed by atoms with van der Waals surface area (Å²) in [6.45, 7) is 3.01. The summed E-state index contributed by atoms with van der Waals surface area (Å²) >= 11 is 0. The predicted molar refractivity (Wildman–Crippen MR) is 57.1 cm³/mol. The van der Waals surface area contributed by atoms with Crippen LogP contribution in [0.2, 0.25) is 0 Å². The molecule has 0 spiro atoms. The van der Waals surface area contributed by atoms with Gasteiger partial charge in [0, 0.05) is 12.2 Å². The van der Waals surface area contributed by atoms with Gasteiger partial charge in [0.15, 0.2) is 0 Å². The zero-order valence-electron chi connectivity index (χ0n) is 8.38. The molecular formula is C12H14N2. The van der Waals surface area contributed by atoms with Gasteiger partial charge in [-0.15, -0.1) is 0 Å². The van der Waals surface area contributed by atoms with E-state index in [-0.39, 0.29) is 5.41 Å². The number of anilines is 1. The molecule has 0 saturated heterocycles. The van der Waals surface area contributed by atoms with Crippen molar-refractivity contribution in [2.45, 2.75) is 25.2 Å². The molecule has 1 aliphatic carbocycles. The number of nitrogens with one attached hydrogen (secondary N) is 1. The van der Waals surface area contributed by atoms with Gasteiger partial charge in [-0.25, -0.2) is 0 Å². The lowest BCUT2D eigenvalue weighted by molar-refractivity contribution is 0.908. The molecule has 2 nitrogen and oxygen atoms in total. The van der Waals surface area contributed by atoms with Gasteiger partial charge in [-0.3, -0.25) is 0 Å². The minimum absolute atomic E-state index is 0.148. The van der Waals surface area contributed by atoms with Gasteiger partial charge in [-0.05, 0) is 37.5 Å². The first kappa shape index (κ1) is 9.08. The zero-order chi connectivity index (χ0) is 10.0. The number of hydrogen-bond donors (Lipinski definition) is 1. The van der Waals surface area contributed by atoms with Crippen molar-refractivity contribution >= 4 is 5.69 Å². The quantitative estimate of drug-likeness (QED) is 0.787. The summed E-state index contributed by atoms with van der Waals surface area (Å²) in [6, 6.07) is 10.6. The molecule has 1 aromatic carbocycles. The minimum atomic E-state index is -0.148. The van der Waals surface area contributed by atoms with Crippen LogP contribution in [0.4, 0.5) is 5.69 Å². The standard InChI is InChI=1S/C12H14N2/c1-2-14-11-5-3-10(4-6-11)12(9-13)7-8-12/h3-6,14H,2,7-8H2,1H3. The van der Waals surface area contributed by atoms with Crippen molar-refractivity contribution in [3.8, 4) is 6.07 Å². The number of rotatable bonds is 3. The van der Waals surface area contributed by atoms with Crippen LogP contribution in [-0.2, 0) is 5.41 Å². The largest absolute Gasteiger partial charge is 0.385 e. The van der Waals surface area contributed by atoms with E-state index in [9.17, 15) is 0 Å². The molecule has 0 amide bonds. The lowest BCUT2D eigenvalue weighted by atomic mass is 9.98. The summed E-state index contributed by atoms with van der Waals surface area (Å²) < 4.78 is 0. The first-order chi connectivity index (χ1) is 6.80. The molecule has 1 aromatic rings. The molecule has 0 aliphatic heterocycles. The Hall–Kier alpha value is -1.49. The Kier molecular flexibility index (Phi) is 2.17. The summed E-state index contributed by atoms with van der Waals surface area (Å²) in [5.74, 6) is 0. The summed E-state index contributed by atoms with van der Waals surface area (Å²) in [6.07, 6.45) is 2.04. The minimum Gasteiger partial charge on any atom is -0.385 e. The van der Waals surface area contributed by atoms with Gasteiger partial charge in [0.1, 0.15) is 0 Å². The Balaban J connectivity index is 2.19. The average Bonchev–Trinajstić information content (AvgIpc) is 3.00. The molecule has 72 valence electrons. The second-order valence-electron chi connectivity index (χ2n) is 3.80. The number of nitriles is 1. The molecule has 1 N–H and O–H groups in total. The molecule has 2 rings (SSSR count). The van der Waals surface area contributed by atoms with Crippen molar-refractivity contribution < 1.29 is 0 Å². The Bertz CT molecular complexity index is 355. The van der Waals surface area contributed by atoms with Gasteiger partial charge in [0.05, 0.1) is 11.5 Å². The fourth-order valence-corrected chi connectivity index (χ4v) is 1.70. The molecule has 1 fully saturated rings. The lowest BCUT2D eigenvalue weighted by Crippen LogP contribution is -2.03. The van der Waals surface area contributed by atoms with Crippen LogP contribution in [0.5, 0.6) is 0 Å². The van der Waals surface area contributed by atoms with E-state index in [1.54, 1.807) is 0 Å². The van der Waals surface area contributed by atoms with Crippen LogP contribution in [0.15, 0.2) is 24.3 Å². The maximum atomic E-state index is 9.02. The smallest absolute Gasteiger partial charge is 0.0823 e. The molecule has 1 saturated carbocycles. The molecule has 0 unspecified atom stereocenters. The van der Waals surface area contributed by atoms with E-state index < -0.39 is 0 Å². The maximum absolute atomic E-state index is 9.02. The number of hydrogen-bond acceptors (Lipinski definition) is 2. The molecule has 0 bridgehead atoms. The normalized spacial score (nSPS) is 17.1. The highest BCUT2D eigenvalue weighted by Crippen LogP contribution is 2.47. The first-order valence-corrected chi connectivity index (χ1v) is 5.06. The highest BCUT2D eigenvalue weighted by molar-refractivity contribution is 5.49. The van der Waals surface area contributed by atoms with E-state index in [0.717, 1.165) is 25.1 Å². The van der Waals surface area contributed by atoms with Crippen LogP contribution < -0.4 is 5.32 Å². The molecule has 0 atom stereocenters. The monoisotopic (exact) mass is 186 g/mol. The molecule has 2 heteroatoms. The average molecular weight is 186 g/mol. The summed E-state index contributed by atoms with van der Waals surface area (Å²) in [7, 11) is 0. The van der Waals surface area contributed by atoms with Crippen molar-refractivity contribution in [3.63, 3.8) is 0 Å². The first-order valence-electron chi connectivity index (χ1n) is 5.06. The van der Waals surface area contributed by atoms with Crippen molar-refractivity contribution in [2.24, 2.45) is 0 Å². The Morgan fingerprint density at radius 3 is 2.43 bits per heavy atom. The predicted octanol–water partition coefficient (Wildman–Crippen LogP) is 2.67. The van der Waals surface area contributed by atoms with E-state index in [0.29, 0.717) is 0 Å². The summed E-state index contributed by atoms with van der Waals surface area (Å²) in [5.41, 5.74) is 2.15. The van der Waals surface area contributed by atoms with Crippen LogP contribution in [0.25, 0.3) is 0 Å². The van der Waals surface area contributed by atoms with E-state index in [1.165, 1.54) is 5.56 Å². The molecule has 0 aromatic heterocycles. The summed E-state index contributed by atoms with van der Waals surface area (Å²) in [4.78, 5) is 0. The van der Waals surface area contributed by atoms with Gasteiger partial charge in [0.25, 0.3) is 0 Å². The molecular weight excluding hydrogens is 172 g/mol. The van der Waals surface area contributed by atoms with Gasteiger partial charge in [-0.2, -0.15) is 5.26 Å². The van der Waals surface area contributed by atoms with Gasteiger partial charge >= 0.3 is 0 Å². The molecule has 14 heavy (non-hydrogen) atoms. The molecule has 0 radical (unpaired) electrons. The highest BCUT2D eigenvalue weighted by atomic mass is 14.8.